The van der Waals surface area contributed by atoms with Crippen molar-refractivity contribution in [1.29, 1.82) is 0 Å². The maximum Gasteiger partial charge on any atom is 0.274 e. The van der Waals surface area contributed by atoms with Crippen LogP contribution in [-0.2, 0) is 10.0 Å². The second-order valence-corrected chi connectivity index (χ2v) is 8.27. The van der Waals surface area contributed by atoms with E-state index in [4.69, 9.17) is 0 Å². The molecule has 7 nitrogen and oxygen atoms in total. The molecule has 0 saturated carbocycles. The second-order valence-electron chi connectivity index (χ2n) is 6.28. The third kappa shape index (κ3) is 3.67. The average molecular weight is 328 g/mol. The first-order valence-electron chi connectivity index (χ1n) is 7.54. The fourth-order valence-electron chi connectivity index (χ4n) is 2.48. The zero-order valence-electron chi connectivity index (χ0n) is 13.5. The number of carbonyl (C=O) groups excluding carboxylic acids is 1. The lowest BCUT2D eigenvalue weighted by Crippen LogP contribution is -2.40. The molecule has 0 radical (unpaired) electrons. The van der Waals surface area contributed by atoms with Gasteiger partial charge in [0.1, 0.15) is 5.69 Å². The number of sulfonamides is 1. The van der Waals surface area contributed by atoms with E-state index in [1.54, 1.807) is 31.3 Å². The summed E-state index contributed by atoms with van der Waals surface area (Å²) in [6.45, 7) is 8.24. The van der Waals surface area contributed by atoms with Crippen LogP contribution in [0.15, 0.2) is 12.5 Å². The van der Waals surface area contributed by atoms with Crippen molar-refractivity contribution in [1.82, 2.24) is 19.2 Å². The molecule has 2 rings (SSSR count). The van der Waals surface area contributed by atoms with Crippen molar-refractivity contribution in [3.05, 3.63) is 18.2 Å². The van der Waals surface area contributed by atoms with E-state index in [1.165, 1.54) is 0 Å². The molecule has 124 valence electrons. The van der Waals surface area contributed by atoms with Gasteiger partial charge in [0.25, 0.3) is 5.91 Å². The smallest absolute Gasteiger partial charge is 0.274 e. The van der Waals surface area contributed by atoms with E-state index in [0.717, 1.165) is 0 Å². The lowest BCUT2D eigenvalue weighted by atomic mass is 10.3. The normalized spacial score (nSPS) is 19.4. The van der Waals surface area contributed by atoms with Crippen LogP contribution in [0.1, 0.15) is 50.6 Å². The minimum absolute atomic E-state index is 0.142. The molecule has 2 heterocycles. The Hall–Kier alpha value is -1.41. The number of hydrogen-bond donors (Lipinski definition) is 1. The first-order valence-corrected chi connectivity index (χ1v) is 9.09. The Morgan fingerprint density at radius 1 is 1.36 bits per heavy atom. The lowest BCUT2D eigenvalue weighted by molar-refractivity contribution is 0.0788. The molecule has 1 aliphatic rings. The quantitative estimate of drug-likeness (QED) is 0.874. The summed E-state index contributed by atoms with van der Waals surface area (Å²) < 4.78 is 28.8. The summed E-state index contributed by atoms with van der Waals surface area (Å²) in [6, 6.07) is 0.0903. The maximum absolute atomic E-state index is 12.4. The van der Waals surface area contributed by atoms with Gasteiger partial charge < -0.3 is 9.47 Å². The Morgan fingerprint density at radius 3 is 2.59 bits per heavy atom. The SMILES string of the molecule is CC(C)NS(=O)(=O)[C@H]1CCN(C(=O)c2cn(C(C)C)cn2)C1. The topological polar surface area (TPSA) is 84.3 Å². The molecule has 0 spiro atoms. The van der Waals surface area contributed by atoms with E-state index in [-0.39, 0.29) is 24.5 Å². The van der Waals surface area contributed by atoms with Crippen LogP contribution in [0.2, 0.25) is 0 Å². The summed E-state index contributed by atoms with van der Waals surface area (Å²) in [5.74, 6) is -0.207. The summed E-state index contributed by atoms with van der Waals surface area (Å²) in [5.41, 5.74) is 0.364. The Balaban J connectivity index is 2.04. The van der Waals surface area contributed by atoms with Crippen molar-refractivity contribution in [3.8, 4) is 0 Å². The van der Waals surface area contributed by atoms with E-state index in [1.807, 2.05) is 18.4 Å². The van der Waals surface area contributed by atoms with Crippen LogP contribution in [0.5, 0.6) is 0 Å². The van der Waals surface area contributed by atoms with Gasteiger partial charge in [-0.05, 0) is 34.1 Å². The highest BCUT2D eigenvalue weighted by molar-refractivity contribution is 7.90. The summed E-state index contributed by atoms with van der Waals surface area (Å²) >= 11 is 0. The summed E-state index contributed by atoms with van der Waals surface area (Å²) in [7, 11) is -3.39. The monoisotopic (exact) mass is 328 g/mol. The molecule has 8 heteroatoms. The standard InChI is InChI=1S/C14H24N4O3S/c1-10(2)16-22(20,21)12-5-6-17(7-12)14(19)13-8-18(9-15-13)11(3)4/h8-12,16H,5-7H2,1-4H3/t12-/m0/s1. The molecule has 22 heavy (non-hydrogen) atoms. The molecule has 0 aliphatic carbocycles. The van der Waals surface area contributed by atoms with Crippen LogP contribution in [-0.4, -0.2) is 53.2 Å². The van der Waals surface area contributed by atoms with E-state index in [0.29, 0.717) is 18.7 Å². The highest BCUT2D eigenvalue weighted by atomic mass is 32.2. The summed E-state index contributed by atoms with van der Waals surface area (Å²) in [4.78, 5) is 18.1. The summed E-state index contributed by atoms with van der Waals surface area (Å²) in [5, 5.41) is -0.550. The van der Waals surface area contributed by atoms with Gasteiger partial charge in [-0.25, -0.2) is 18.1 Å². The predicted molar refractivity (Wildman–Crippen MR) is 84.1 cm³/mol. The van der Waals surface area contributed by atoms with Crippen molar-refractivity contribution < 1.29 is 13.2 Å². The van der Waals surface area contributed by atoms with E-state index < -0.39 is 15.3 Å². The van der Waals surface area contributed by atoms with Gasteiger partial charge >= 0.3 is 0 Å². The zero-order valence-corrected chi connectivity index (χ0v) is 14.3. The van der Waals surface area contributed by atoms with Crippen molar-refractivity contribution >= 4 is 15.9 Å². The van der Waals surface area contributed by atoms with Crippen LogP contribution in [0.25, 0.3) is 0 Å². The highest BCUT2D eigenvalue weighted by Crippen LogP contribution is 2.19. The first-order chi connectivity index (χ1) is 10.2. The summed E-state index contributed by atoms with van der Waals surface area (Å²) in [6.07, 6.45) is 3.79. The number of rotatable bonds is 5. The molecule has 0 aromatic carbocycles. The molecular formula is C14H24N4O3S. The number of carbonyl (C=O) groups is 1. The molecule has 1 aliphatic heterocycles. The number of nitrogens with zero attached hydrogens (tertiary/aromatic N) is 3. The van der Waals surface area contributed by atoms with Crippen molar-refractivity contribution in [3.63, 3.8) is 0 Å². The number of nitrogens with one attached hydrogen (secondary N) is 1. The van der Waals surface area contributed by atoms with Gasteiger partial charge in [-0.1, -0.05) is 0 Å². The van der Waals surface area contributed by atoms with Crippen LogP contribution in [0, 0.1) is 0 Å². The molecule has 1 fully saturated rings. The van der Waals surface area contributed by atoms with Crippen molar-refractivity contribution in [2.45, 2.75) is 51.4 Å². The van der Waals surface area contributed by atoms with Gasteiger partial charge in [-0.15, -0.1) is 0 Å². The number of likely N-dealkylation sites (tertiary alicyclic amines) is 1. The molecule has 0 bridgehead atoms. The molecular weight excluding hydrogens is 304 g/mol. The molecule has 1 saturated heterocycles. The molecule has 0 unspecified atom stereocenters. The number of hydrogen-bond acceptors (Lipinski definition) is 4. The minimum atomic E-state index is -3.39. The minimum Gasteiger partial charge on any atom is -0.336 e. The lowest BCUT2D eigenvalue weighted by Gasteiger charge is -2.17. The van der Waals surface area contributed by atoms with Gasteiger partial charge in [-0.3, -0.25) is 4.79 Å². The zero-order chi connectivity index (χ0) is 16.5. The third-order valence-corrected chi connectivity index (χ3v) is 5.75. The molecule has 1 atom stereocenters. The Kier molecular flexibility index (Phi) is 4.91. The van der Waals surface area contributed by atoms with Gasteiger partial charge in [0, 0.05) is 31.4 Å². The first kappa shape index (κ1) is 17.0. The van der Waals surface area contributed by atoms with Crippen molar-refractivity contribution in [2.24, 2.45) is 0 Å². The van der Waals surface area contributed by atoms with E-state index in [9.17, 15) is 13.2 Å². The van der Waals surface area contributed by atoms with Crippen LogP contribution in [0.3, 0.4) is 0 Å². The van der Waals surface area contributed by atoms with E-state index >= 15 is 0 Å². The van der Waals surface area contributed by atoms with Crippen LogP contribution in [0.4, 0.5) is 0 Å². The largest absolute Gasteiger partial charge is 0.336 e. The Labute approximate surface area is 131 Å². The van der Waals surface area contributed by atoms with Gasteiger partial charge in [-0.2, -0.15) is 0 Å². The average Bonchev–Trinajstić information content (AvgIpc) is 3.06. The Morgan fingerprint density at radius 2 is 2.05 bits per heavy atom. The highest BCUT2D eigenvalue weighted by Gasteiger charge is 2.36. The predicted octanol–water partition coefficient (Wildman–Crippen LogP) is 1.01. The van der Waals surface area contributed by atoms with Gasteiger partial charge in [0.15, 0.2) is 0 Å². The molecule has 1 amide bonds. The molecule has 1 aromatic heterocycles. The molecule has 1 N–H and O–H groups in total. The van der Waals surface area contributed by atoms with Crippen molar-refractivity contribution in [2.75, 3.05) is 13.1 Å². The number of aromatic nitrogens is 2. The van der Waals surface area contributed by atoms with Crippen LogP contribution >= 0.6 is 0 Å². The fraction of sp³-hybridized carbons (Fsp3) is 0.714. The Bertz CT molecular complexity index is 636. The fourth-order valence-corrected chi connectivity index (χ4v) is 4.12. The van der Waals surface area contributed by atoms with E-state index in [2.05, 4.69) is 9.71 Å². The van der Waals surface area contributed by atoms with Gasteiger partial charge in [0.2, 0.25) is 10.0 Å². The number of amides is 1. The third-order valence-electron chi connectivity index (χ3n) is 3.69. The maximum atomic E-state index is 12.4. The second kappa shape index (κ2) is 6.37. The van der Waals surface area contributed by atoms with Crippen LogP contribution < -0.4 is 4.72 Å². The number of imidazole rings is 1. The van der Waals surface area contributed by atoms with Gasteiger partial charge in [0.05, 0.1) is 11.6 Å². The molecule has 1 aromatic rings.